The number of piperidine rings is 1. The Bertz CT molecular complexity index is 1640. The number of aromatic nitrogens is 3. The number of benzene rings is 2. The third-order valence-corrected chi connectivity index (χ3v) is 8.22. The van der Waals surface area contributed by atoms with Crippen LogP contribution < -0.4 is 5.32 Å². The van der Waals surface area contributed by atoms with E-state index in [2.05, 4.69) is 74.3 Å². The normalized spacial score (nSPS) is 19.7. The molecule has 1 saturated heterocycles. The van der Waals surface area contributed by atoms with E-state index in [1.165, 1.54) is 16.9 Å². The molecule has 0 spiro atoms. The molecule has 2 aromatic carbocycles. The highest BCUT2D eigenvalue weighted by Crippen LogP contribution is 2.26. The molecule has 2 aliphatic rings. The van der Waals surface area contributed by atoms with Gasteiger partial charge >= 0.3 is 0 Å². The van der Waals surface area contributed by atoms with Gasteiger partial charge in [0, 0.05) is 47.5 Å². The molecule has 0 bridgehead atoms. The zero-order valence-corrected chi connectivity index (χ0v) is 24.4. The number of nitrogens with one attached hydrogen (secondary N) is 1. The van der Waals surface area contributed by atoms with Crippen molar-refractivity contribution < 1.29 is 4.79 Å². The van der Waals surface area contributed by atoms with Crippen LogP contribution in [0.4, 0.5) is 10.9 Å². The van der Waals surface area contributed by atoms with Crippen LogP contribution >= 0.6 is 11.3 Å². The molecule has 0 atom stereocenters. The first kappa shape index (κ1) is 27.7. The lowest BCUT2D eigenvalue weighted by Gasteiger charge is -2.31. The van der Waals surface area contributed by atoms with E-state index in [-0.39, 0.29) is 11.8 Å². The summed E-state index contributed by atoms with van der Waals surface area (Å²) in [6.07, 6.45) is 7.24. The maximum absolute atomic E-state index is 12.6. The minimum atomic E-state index is 0.0280. The second-order valence-electron chi connectivity index (χ2n) is 10.6. The molecule has 1 fully saturated rings. The van der Waals surface area contributed by atoms with Gasteiger partial charge in [-0.3, -0.25) is 14.7 Å². The summed E-state index contributed by atoms with van der Waals surface area (Å²) in [7, 11) is 0. The van der Waals surface area contributed by atoms with E-state index in [0.717, 1.165) is 72.0 Å². The number of carbonyl (C=O) groups excluding carboxylic acids is 1. The van der Waals surface area contributed by atoms with Crippen LogP contribution in [-0.2, 0) is 18.0 Å². The van der Waals surface area contributed by atoms with Crippen LogP contribution in [0.1, 0.15) is 35.2 Å². The maximum atomic E-state index is 12.6. The molecule has 212 valence electrons. The molecule has 8 nitrogen and oxygen atoms in total. The zero-order valence-electron chi connectivity index (χ0n) is 23.6. The fourth-order valence-corrected chi connectivity index (χ4v) is 5.89. The van der Waals surface area contributed by atoms with Crippen molar-refractivity contribution in [1.29, 1.82) is 0 Å². The summed E-state index contributed by atoms with van der Waals surface area (Å²) in [6.45, 7) is 9.19. The van der Waals surface area contributed by atoms with Crippen LogP contribution in [0.15, 0.2) is 100 Å². The summed E-state index contributed by atoms with van der Waals surface area (Å²) >= 11 is 1.45. The van der Waals surface area contributed by atoms with Gasteiger partial charge in [-0.25, -0.2) is 14.7 Å². The van der Waals surface area contributed by atoms with Gasteiger partial charge in [-0.2, -0.15) is 5.10 Å². The van der Waals surface area contributed by atoms with Gasteiger partial charge < -0.3 is 5.32 Å². The van der Waals surface area contributed by atoms with Gasteiger partial charge in [-0.05, 0) is 55.6 Å². The van der Waals surface area contributed by atoms with Gasteiger partial charge in [0.05, 0.1) is 11.4 Å². The largest absolute Gasteiger partial charge is 0.302 e. The minimum absolute atomic E-state index is 0.0280. The molecule has 0 unspecified atom stereocenters. The minimum Gasteiger partial charge on any atom is -0.302 e. The highest BCUT2D eigenvalue weighted by Gasteiger charge is 2.25. The number of likely N-dealkylation sites (tertiary alicyclic amines) is 1. The summed E-state index contributed by atoms with van der Waals surface area (Å²) in [6, 6.07) is 20.9. The molecule has 2 aromatic heterocycles. The Balaban J connectivity index is 1.19. The fourth-order valence-electron chi connectivity index (χ4n) is 5.36. The number of anilines is 1. The second-order valence-corrected chi connectivity index (χ2v) is 11.5. The van der Waals surface area contributed by atoms with Crippen LogP contribution in [0, 0.1) is 12.8 Å². The Hall–Kier alpha value is -4.47. The molecule has 42 heavy (non-hydrogen) atoms. The first-order valence-corrected chi connectivity index (χ1v) is 15.0. The first-order valence-electron chi connectivity index (χ1n) is 14.1. The zero-order chi connectivity index (χ0) is 28.9. The monoisotopic (exact) mass is 575 g/mol. The quantitative estimate of drug-likeness (QED) is 0.292. The summed E-state index contributed by atoms with van der Waals surface area (Å²) < 4.78 is 1.82. The van der Waals surface area contributed by atoms with Crippen molar-refractivity contribution in [3.8, 4) is 0 Å². The molecule has 1 amide bonds. The third kappa shape index (κ3) is 6.53. The van der Waals surface area contributed by atoms with E-state index < -0.39 is 0 Å². The Kier molecular flexibility index (Phi) is 8.30. The van der Waals surface area contributed by atoms with E-state index in [1.807, 2.05) is 41.3 Å². The average molecular weight is 576 g/mol. The number of thiazole rings is 1. The number of aliphatic imine (C=N–C) groups is 2. The average Bonchev–Trinajstić information content (AvgIpc) is 3.66. The smallest absolute Gasteiger partial charge is 0.229 e. The van der Waals surface area contributed by atoms with Crippen molar-refractivity contribution in [3.63, 3.8) is 0 Å². The van der Waals surface area contributed by atoms with Crippen molar-refractivity contribution in [2.75, 3.05) is 18.4 Å². The van der Waals surface area contributed by atoms with Gasteiger partial charge in [-0.1, -0.05) is 61.2 Å². The molecule has 1 N–H and O–H groups in total. The Morgan fingerprint density at radius 1 is 1.07 bits per heavy atom. The van der Waals surface area contributed by atoms with Crippen LogP contribution in [0.25, 0.3) is 5.57 Å². The standard InChI is InChI=1S/C33H33N7OS/c1-23-18-29(26-6-4-3-5-7-26)31(36-22-40-30(35-20-23)19-24(2)38-40)27-10-8-25(9-11-27)21-39-15-12-28(13-16-39)32(41)37-33-34-14-17-42-33/h3-11,14,17-20,28H,1,12-13,15-16,21-22H2,2H3,(H,34,37,41)/b29-18-,35-20-,36-31-. The van der Waals surface area contributed by atoms with Gasteiger partial charge in [-0.15, -0.1) is 11.3 Å². The van der Waals surface area contributed by atoms with E-state index in [0.29, 0.717) is 11.8 Å². The van der Waals surface area contributed by atoms with Crippen molar-refractivity contribution in [3.05, 3.63) is 113 Å². The van der Waals surface area contributed by atoms with Crippen LogP contribution in [-0.4, -0.2) is 50.6 Å². The van der Waals surface area contributed by atoms with Crippen molar-refractivity contribution >= 4 is 45.7 Å². The number of hydrogen-bond acceptors (Lipinski definition) is 7. The number of carbonyl (C=O) groups is 1. The Morgan fingerprint density at radius 3 is 2.60 bits per heavy atom. The predicted octanol–water partition coefficient (Wildman–Crippen LogP) is 6.30. The van der Waals surface area contributed by atoms with Crippen LogP contribution in [0.2, 0.25) is 0 Å². The maximum Gasteiger partial charge on any atom is 0.229 e. The number of allylic oxidation sites excluding steroid dienone is 3. The lowest BCUT2D eigenvalue weighted by atomic mass is 9.93. The van der Waals surface area contributed by atoms with Gasteiger partial charge in [0.25, 0.3) is 0 Å². The molecule has 0 aliphatic carbocycles. The number of fused-ring (bicyclic) bond motifs is 1. The van der Waals surface area contributed by atoms with Crippen molar-refractivity contribution in [2.45, 2.75) is 33.0 Å². The summed E-state index contributed by atoms with van der Waals surface area (Å²) in [5.41, 5.74) is 6.89. The Labute approximate surface area is 249 Å². The summed E-state index contributed by atoms with van der Waals surface area (Å²) in [4.78, 5) is 28.9. The van der Waals surface area contributed by atoms with Gasteiger partial charge in [0.1, 0.15) is 6.67 Å². The van der Waals surface area contributed by atoms with Crippen LogP contribution in [0.3, 0.4) is 0 Å². The van der Waals surface area contributed by atoms with Crippen molar-refractivity contribution in [2.24, 2.45) is 15.9 Å². The fraction of sp³-hybridized carbons (Fsp3) is 0.242. The van der Waals surface area contributed by atoms with Crippen LogP contribution in [0.5, 0.6) is 0 Å². The highest BCUT2D eigenvalue weighted by molar-refractivity contribution is 7.13. The molecule has 6 rings (SSSR count). The topological polar surface area (TPSA) is 87.8 Å². The first-order chi connectivity index (χ1) is 20.5. The molecule has 9 heteroatoms. The van der Waals surface area contributed by atoms with Gasteiger partial charge in [0.2, 0.25) is 5.91 Å². The molecule has 0 saturated carbocycles. The number of aryl methyl sites for hydroxylation is 1. The van der Waals surface area contributed by atoms with E-state index >= 15 is 0 Å². The second kappa shape index (κ2) is 12.6. The predicted molar refractivity (Wildman–Crippen MR) is 170 cm³/mol. The summed E-state index contributed by atoms with van der Waals surface area (Å²) in [5, 5.41) is 10.1. The molecule has 4 heterocycles. The van der Waals surface area contributed by atoms with E-state index in [9.17, 15) is 4.79 Å². The number of nitrogens with zero attached hydrogens (tertiary/aromatic N) is 6. The number of hydrogen-bond donors (Lipinski definition) is 1. The van der Waals surface area contributed by atoms with Gasteiger partial charge in [0.15, 0.2) is 10.9 Å². The van der Waals surface area contributed by atoms with Crippen molar-refractivity contribution in [1.82, 2.24) is 19.7 Å². The number of rotatable bonds is 6. The molecule has 0 radical (unpaired) electrons. The molecule has 4 aromatic rings. The lowest BCUT2D eigenvalue weighted by Crippen LogP contribution is -2.37. The van der Waals surface area contributed by atoms with E-state index in [4.69, 9.17) is 4.99 Å². The Morgan fingerprint density at radius 2 is 1.86 bits per heavy atom. The SMILES string of the molecule is C=C1/C=N\c2cc(C)nn2C/N=C(c2ccc(CN3CCC(C(=O)Nc4nccs4)CC3)cc2)\C(c2ccccc2)=C/1. The summed E-state index contributed by atoms with van der Waals surface area (Å²) in [5.74, 6) is 0.863. The lowest BCUT2D eigenvalue weighted by molar-refractivity contribution is -0.121. The molecular formula is C33H33N7OS. The molecule has 2 aliphatic heterocycles. The van der Waals surface area contributed by atoms with E-state index in [1.54, 1.807) is 12.4 Å². The molecular weight excluding hydrogens is 542 g/mol. The third-order valence-electron chi connectivity index (χ3n) is 7.53. The number of amides is 1. The highest BCUT2D eigenvalue weighted by atomic mass is 32.1.